The summed E-state index contributed by atoms with van der Waals surface area (Å²) in [5.41, 5.74) is 7.23. The van der Waals surface area contributed by atoms with Crippen molar-refractivity contribution in [3.63, 3.8) is 0 Å². The van der Waals surface area contributed by atoms with Gasteiger partial charge < -0.3 is 10.5 Å². The number of carbonyl (C=O) groups excluding carboxylic acids is 1. The van der Waals surface area contributed by atoms with E-state index in [4.69, 9.17) is 22.1 Å². The molecule has 1 aromatic carbocycles. The quantitative estimate of drug-likeness (QED) is 0.849. The number of hydrogen-bond acceptors (Lipinski definition) is 4. The molecule has 1 saturated heterocycles. The van der Waals surface area contributed by atoms with E-state index in [1.807, 2.05) is 31.2 Å². The molecule has 0 bridgehead atoms. The number of nitrogens with two attached hydrogens (primary N) is 1. The van der Waals surface area contributed by atoms with Gasteiger partial charge in [-0.1, -0.05) is 29.8 Å². The standard InChI is InChI=1S/C16H23ClN2O2/c1-2-21-16(20)8-12-7-14(18)11-19(9-12)10-13-5-3-4-6-15(13)17/h3-6,12,14H,2,7-11,18H2,1H3. The van der Waals surface area contributed by atoms with Gasteiger partial charge in [0, 0.05) is 37.1 Å². The van der Waals surface area contributed by atoms with E-state index in [0.717, 1.165) is 36.6 Å². The minimum Gasteiger partial charge on any atom is -0.466 e. The van der Waals surface area contributed by atoms with Gasteiger partial charge in [0.15, 0.2) is 0 Å². The topological polar surface area (TPSA) is 55.6 Å². The summed E-state index contributed by atoms with van der Waals surface area (Å²) in [5, 5.41) is 0.776. The third-order valence-corrected chi connectivity index (χ3v) is 4.13. The lowest BCUT2D eigenvalue weighted by molar-refractivity contribution is -0.144. The van der Waals surface area contributed by atoms with Crippen LogP contribution in [-0.4, -0.2) is 36.6 Å². The van der Waals surface area contributed by atoms with E-state index < -0.39 is 0 Å². The van der Waals surface area contributed by atoms with E-state index in [-0.39, 0.29) is 17.9 Å². The van der Waals surface area contributed by atoms with E-state index in [2.05, 4.69) is 4.90 Å². The summed E-state index contributed by atoms with van der Waals surface area (Å²) in [6.07, 6.45) is 1.32. The average molecular weight is 311 g/mol. The molecule has 0 spiro atoms. The van der Waals surface area contributed by atoms with Crippen LogP contribution in [0.1, 0.15) is 25.3 Å². The van der Waals surface area contributed by atoms with Crippen molar-refractivity contribution in [3.05, 3.63) is 34.9 Å². The first-order chi connectivity index (χ1) is 10.1. The molecule has 116 valence electrons. The Morgan fingerprint density at radius 2 is 2.19 bits per heavy atom. The van der Waals surface area contributed by atoms with E-state index in [9.17, 15) is 4.79 Å². The van der Waals surface area contributed by atoms with Gasteiger partial charge in [0.05, 0.1) is 6.61 Å². The van der Waals surface area contributed by atoms with Gasteiger partial charge in [-0.2, -0.15) is 0 Å². The lowest BCUT2D eigenvalue weighted by Gasteiger charge is -2.36. The predicted octanol–water partition coefficient (Wildman–Crippen LogP) is 2.44. The number of carbonyl (C=O) groups is 1. The van der Waals surface area contributed by atoms with E-state index in [1.54, 1.807) is 0 Å². The highest BCUT2D eigenvalue weighted by Crippen LogP contribution is 2.23. The summed E-state index contributed by atoms with van der Waals surface area (Å²) in [5.74, 6) is 0.129. The molecule has 0 aromatic heterocycles. The van der Waals surface area contributed by atoms with Crippen LogP contribution >= 0.6 is 11.6 Å². The fourth-order valence-electron chi connectivity index (χ4n) is 2.95. The summed E-state index contributed by atoms with van der Waals surface area (Å²) >= 11 is 6.21. The molecule has 1 aliphatic heterocycles. The van der Waals surface area contributed by atoms with Crippen LogP contribution in [0.5, 0.6) is 0 Å². The van der Waals surface area contributed by atoms with E-state index >= 15 is 0 Å². The Hall–Kier alpha value is -1.10. The second kappa shape index (κ2) is 7.78. The van der Waals surface area contributed by atoms with Crippen LogP contribution in [0.25, 0.3) is 0 Å². The number of likely N-dealkylation sites (tertiary alicyclic amines) is 1. The number of halogens is 1. The largest absolute Gasteiger partial charge is 0.466 e. The van der Waals surface area contributed by atoms with Crippen molar-refractivity contribution >= 4 is 17.6 Å². The Kier molecular flexibility index (Phi) is 6.03. The molecule has 2 unspecified atom stereocenters. The molecule has 1 aliphatic rings. The van der Waals surface area contributed by atoms with Crippen molar-refractivity contribution in [2.24, 2.45) is 11.7 Å². The third-order valence-electron chi connectivity index (χ3n) is 3.76. The minimum absolute atomic E-state index is 0.0978. The smallest absolute Gasteiger partial charge is 0.306 e. The maximum Gasteiger partial charge on any atom is 0.306 e. The third kappa shape index (κ3) is 4.99. The fourth-order valence-corrected chi connectivity index (χ4v) is 3.14. The summed E-state index contributed by atoms with van der Waals surface area (Å²) < 4.78 is 5.03. The fraction of sp³-hybridized carbons (Fsp3) is 0.562. The zero-order valence-electron chi connectivity index (χ0n) is 12.4. The molecule has 1 aromatic rings. The maximum absolute atomic E-state index is 11.6. The Morgan fingerprint density at radius 3 is 2.90 bits per heavy atom. The maximum atomic E-state index is 11.6. The summed E-state index contributed by atoms with van der Waals surface area (Å²) in [6, 6.07) is 7.94. The predicted molar refractivity (Wildman–Crippen MR) is 84.1 cm³/mol. The first-order valence-corrected chi connectivity index (χ1v) is 7.83. The van der Waals surface area contributed by atoms with Gasteiger partial charge in [-0.05, 0) is 30.9 Å². The first-order valence-electron chi connectivity index (χ1n) is 7.45. The van der Waals surface area contributed by atoms with Gasteiger partial charge in [0.25, 0.3) is 0 Å². The van der Waals surface area contributed by atoms with Crippen LogP contribution in [0.3, 0.4) is 0 Å². The lowest BCUT2D eigenvalue weighted by atomic mass is 9.91. The molecule has 2 rings (SSSR count). The number of esters is 1. The van der Waals surface area contributed by atoms with Gasteiger partial charge in [-0.3, -0.25) is 9.69 Å². The van der Waals surface area contributed by atoms with Crippen molar-refractivity contribution < 1.29 is 9.53 Å². The van der Waals surface area contributed by atoms with Crippen LogP contribution in [0.15, 0.2) is 24.3 Å². The average Bonchev–Trinajstić information content (AvgIpc) is 2.41. The number of rotatable bonds is 5. The second-order valence-electron chi connectivity index (χ2n) is 5.66. The molecule has 2 N–H and O–H groups in total. The van der Waals surface area contributed by atoms with Crippen LogP contribution in [0.2, 0.25) is 5.02 Å². The van der Waals surface area contributed by atoms with E-state index in [1.165, 1.54) is 0 Å². The molecule has 5 heteroatoms. The van der Waals surface area contributed by atoms with Gasteiger partial charge >= 0.3 is 5.97 Å². The molecular formula is C16H23ClN2O2. The zero-order valence-corrected chi connectivity index (χ0v) is 13.2. The van der Waals surface area contributed by atoms with Crippen LogP contribution in [0.4, 0.5) is 0 Å². The SMILES string of the molecule is CCOC(=O)CC1CC(N)CN(Cc2ccccc2Cl)C1. The van der Waals surface area contributed by atoms with Crippen molar-refractivity contribution in [2.75, 3.05) is 19.7 Å². The summed E-state index contributed by atoms with van der Waals surface area (Å²) in [7, 11) is 0. The van der Waals surface area contributed by atoms with Gasteiger partial charge in [0.2, 0.25) is 0 Å². The second-order valence-corrected chi connectivity index (χ2v) is 6.06. The number of piperidine rings is 1. The molecule has 21 heavy (non-hydrogen) atoms. The molecule has 0 saturated carbocycles. The van der Waals surface area contributed by atoms with Crippen LogP contribution < -0.4 is 5.73 Å². The Labute approximate surface area is 131 Å². The Balaban J connectivity index is 1.94. The van der Waals surface area contributed by atoms with Crippen molar-refractivity contribution in [2.45, 2.75) is 32.4 Å². The number of benzene rings is 1. The van der Waals surface area contributed by atoms with Crippen LogP contribution in [0, 0.1) is 5.92 Å². The molecule has 1 fully saturated rings. The molecule has 0 amide bonds. The highest BCUT2D eigenvalue weighted by Gasteiger charge is 2.27. The van der Waals surface area contributed by atoms with Gasteiger partial charge in [-0.25, -0.2) is 0 Å². The minimum atomic E-state index is -0.130. The van der Waals surface area contributed by atoms with E-state index in [0.29, 0.717) is 13.0 Å². The Bertz CT molecular complexity index is 481. The van der Waals surface area contributed by atoms with Crippen molar-refractivity contribution in [1.82, 2.24) is 4.90 Å². The van der Waals surface area contributed by atoms with Crippen LogP contribution in [-0.2, 0) is 16.1 Å². The molecule has 0 radical (unpaired) electrons. The van der Waals surface area contributed by atoms with Crippen molar-refractivity contribution in [1.29, 1.82) is 0 Å². The highest BCUT2D eigenvalue weighted by molar-refractivity contribution is 6.31. The molecule has 2 atom stereocenters. The van der Waals surface area contributed by atoms with Gasteiger partial charge in [-0.15, -0.1) is 0 Å². The molecular weight excluding hydrogens is 288 g/mol. The zero-order chi connectivity index (χ0) is 15.2. The number of nitrogens with zero attached hydrogens (tertiary/aromatic N) is 1. The first kappa shape index (κ1) is 16.3. The summed E-state index contributed by atoms with van der Waals surface area (Å²) in [6.45, 7) is 4.73. The normalized spacial score (nSPS) is 23.0. The number of ether oxygens (including phenoxy) is 1. The highest BCUT2D eigenvalue weighted by atomic mass is 35.5. The summed E-state index contributed by atoms with van der Waals surface area (Å²) in [4.78, 5) is 13.9. The molecule has 0 aliphatic carbocycles. The van der Waals surface area contributed by atoms with Crippen molar-refractivity contribution in [3.8, 4) is 0 Å². The molecule has 1 heterocycles. The number of hydrogen-bond donors (Lipinski definition) is 1. The lowest BCUT2D eigenvalue weighted by Crippen LogP contribution is -2.47. The Morgan fingerprint density at radius 1 is 1.43 bits per heavy atom. The molecule has 4 nitrogen and oxygen atoms in total. The monoisotopic (exact) mass is 310 g/mol. The van der Waals surface area contributed by atoms with Gasteiger partial charge in [0.1, 0.15) is 0 Å².